The lowest BCUT2D eigenvalue weighted by atomic mass is 10.0. The summed E-state index contributed by atoms with van der Waals surface area (Å²) in [6.07, 6.45) is -3.52. The third-order valence-electron chi connectivity index (χ3n) is 5.55. The molecular formula is C22H27F3N4O. The Labute approximate surface area is 174 Å². The number of halogens is 3. The zero-order chi connectivity index (χ0) is 21.9. The van der Waals surface area contributed by atoms with Crippen LogP contribution in [0.25, 0.3) is 0 Å². The van der Waals surface area contributed by atoms with Gasteiger partial charge in [-0.15, -0.1) is 0 Å². The summed E-state index contributed by atoms with van der Waals surface area (Å²) in [4.78, 5) is 20.4. The Balaban J connectivity index is 1.48. The van der Waals surface area contributed by atoms with Gasteiger partial charge in [0, 0.05) is 32.4 Å². The third kappa shape index (κ3) is 5.50. The maximum absolute atomic E-state index is 12.7. The van der Waals surface area contributed by atoms with Crippen LogP contribution in [0.1, 0.15) is 35.2 Å². The number of rotatable bonds is 5. The molecule has 8 heteroatoms. The number of amides is 1. The van der Waals surface area contributed by atoms with Crippen LogP contribution in [0.3, 0.4) is 0 Å². The Bertz CT molecular complexity index is 875. The fourth-order valence-corrected chi connectivity index (χ4v) is 3.48. The smallest absolute Gasteiger partial charge is 0.354 e. The first-order valence-electron chi connectivity index (χ1n) is 10.0. The number of carbonyl (C=O) groups excluding carboxylic acids is 1. The van der Waals surface area contributed by atoms with E-state index in [2.05, 4.69) is 36.3 Å². The van der Waals surface area contributed by atoms with Crippen molar-refractivity contribution in [1.29, 1.82) is 0 Å². The minimum atomic E-state index is -4.38. The quantitative estimate of drug-likeness (QED) is 0.801. The van der Waals surface area contributed by atoms with Gasteiger partial charge >= 0.3 is 6.18 Å². The lowest BCUT2D eigenvalue weighted by Crippen LogP contribution is -2.49. The largest absolute Gasteiger partial charge is 0.417 e. The van der Waals surface area contributed by atoms with Gasteiger partial charge in [0.15, 0.2) is 0 Å². The second kappa shape index (κ2) is 9.04. The van der Waals surface area contributed by atoms with Crippen molar-refractivity contribution in [2.45, 2.75) is 33.0 Å². The zero-order valence-corrected chi connectivity index (χ0v) is 17.5. The molecule has 0 bridgehead atoms. The molecule has 30 heavy (non-hydrogen) atoms. The summed E-state index contributed by atoms with van der Waals surface area (Å²) in [5.74, 6) is 0.484. The molecule has 0 saturated carbocycles. The molecule has 1 amide bonds. The molecule has 1 saturated heterocycles. The van der Waals surface area contributed by atoms with Gasteiger partial charge in [0.05, 0.1) is 18.2 Å². The number of benzene rings is 1. The topological polar surface area (TPSA) is 48.5 Å². The SMILES string of the molecule is Cc1ccc([C@@H](C)NC(=O)CN2CCN(c3ccc(C(F)(F)F)cn3)CC2)cc1C. The first-order valence-corrected chi connectivity index (χ1v) is 10.0. The first kappa shape index (κ1) is 22.1. The van der Waals surface area contributed by atoms with Crippen molar-refractivity contribution < 1.29 is 18.0 Å². The molecule has 1 aliphatic heterocycles. The van der Waals surface area contributed by atoms with Crippen molar-refractivity contribution in [2.75, 3.05) is 37.6 Å². The van der Waals surface area contributed by atoms with E-state index in [0.29, 0.717) is 38.5 Å². The van der Waals surface area contributed by atoms with E-state index in [9.17, 15) is 18.0 Å². The number of anilines is 1. The molecule has 0 spiro atoms. The van der Waals surface area contributed by atoms with Crippen LogP contribution in [0.4, 0.5) is 19.0 Å². The number of nitrogens with one attached hydrogen (secondary N) is 1. The number of nitrogens with zero attached hydrogens (tertiary/aromatic N) is 3. The molecule has 3 rings (SSSR count). The van der Waals surface area contributed by atoms with Crippen molar-refractivity contribution in [3.8, 4) is 0 Å². The van der Waals surface area contributed by atoms with Gasteiger partial charge in [0.25, 0.3) is 0 Å². The van der Waals surface area contributed by atoms with Crippen molar-refractivity contribution in [3.05, 3.63) is 58.8 Å². The van der Waals surface area contributed by atoms with Crippen LogP contribution >= 0.6 is 0 Å². The average molecular weight is 420 g/mol. The maximum Gasteiger partial charge on any atom is 0.417 e. The van der Waals surface area contributed by atoms with E-state index in [4.69, 9.17) is 0 Å². The number of aromatic nitrogens is 1. The Morgan fingerprint density at radius 1 is 1.10 bits per heavy atom. The molecule has 1 N–H and O–H groups in total. The van der Waals surface area contributed by atoms with Crippen LogP contribution in [0.2, 0.25) is 0 Å². The molecule has 1 atom stereocenters. The van der Waals surface area contributed by atoms with Gasteiger partial charge in [-0.3, -0.25) is 9.69 Å². The molecule has 0 radical (unpaired) electrons. The summed E-state index contributed by atoms with van der Waals surface area (Å²) in [5, 5.41) is 3.04. The fourth-order valence-electron chi connectivity index (χ4n) is 3.48. The summed E-state index contributed by atoms with van der Waals surface area (Å²) in [6, 6.07) is 8.56. The van der Waals surface area contributed by atoms with Crippen LogP contribution in [0.5, 0.6) is 0 Å². The highest BCUT2D eigenvalue weighted by molar-refractivity contribution is 5.78. The summed E-state index contributed by atoms with van der Waals surface area (Å²) in [5.41, 5.74) is 2.74. The van der Waals surface area contributed by atoms with E-state index < -0.39 is 11.7 Å². The minimum Gasteiger partial charge on any atom is -0.354 e. The van der Waals surface area contributed by atoms with E-state index in [0.717, 1.165) is 17.8 Å². The first-order chi connectivity index (χ1) is 14.1. The predicted octanol–water partition coefficient (Wildman–Crippen LogP) is 3.72. The molecule has 1 aromatic heterocycles. The monoisotopic (exact) mass is 420 g/mol. The van der Waals surface area contributed by atoms with Gasteiger partial charge in [-0.25, -0.2) is 4.98 Å². The predicted molar refractivity (Wildman–Crippen MR) is 110 cm³/mol. The molecule has 2 aromatic rings. The highest BCUT2D eigenvalue weighted by atomic mass is 19.4. The molecule has 2 heterocycles. The van der Waals surface area contributed by atoms with E-state index in [-0.39, 0.29) is 11.9 Å². The average Bonchev–Trinajstić information content (AvgIpc) is 2.70. The Morgan fingerprint density at radius 2 is 1.80 bits per heavy atom. The number of alkyl halides is 3. The number of pyridine rings is 1. The highest BCUT2D eigenvalue weighted by Crippen LogP contribution is 2.29. The lowest BCUT2D eigenvalue weighted by Gasteiger charge is -2.35. The Kier molecular flexibility index (Phi) is 6.65. The maximum atomic E-state index is 12.7. The van der Waals surface area contributed by atoms with Gasteiger partial charge in [0.1, 0.15) is 5.82 Å². The van der Waals surface area contributed by atoms with Crippen LogP contribution in [-0.4, -0.2) is 48.5 Å². The summed E-state index contributed by atoms with van der Waals surface area (Å²) in [7, 11) is 0. The van der Waals surface area contributed by atoms with Crippen LogP contribution in [-0.2, 0) is 11.0 Å². The summed E-state index contributed by atoms with van der Waals surface area (Å²) < 4.78 is 38.0. The lowest BCUT2D eigenvalue weighted by molar-refractivity contribution is -0.137. The van der Waals surface area contributed by atoms with Crippen molar-refractivity contribution in [1.82, 2.24) is 15.2 Å². The van der Waals surface area contributed by atoms with Gasteiger partial charge in [-0.1, -0.05) is 18.2 Å². The second-order valence-electron chi connectivity index (χ2n) is 7.80. The molecule has 5 nitrogen and oxygen atoms in total. The number of hydrogen-bond acceptors (Lipinski definition) is 4. The van der Waals surface area contributed by atoms with Gasteiger partial charge in [0.2, 0.25) is 5.91 Å². The normalized spacial score (nSPS) is 16.4. The molecule has 1 aromatic carbocycles. The molecule has 1 aliphatic rings. The van der Waals surface area contributed by atoms with E-state index in [1.807, 2.05) is 22.8 Å². The molecular weight excluding hydrogens is 393 g/mol. The zero-order valence-electron chi connectivity index (χ0n) is 17.5. The van der Waals surface area contributed by atoms with Crippen molar-refractivity contribution in [2.24, 2.45) is 0 Å². The van der Waals surface area contributed by atoms with E-state index in [1.54, 1.807) is 0 Å². The summed E-state index contributed by atoms with van der Waals surface area (Å²) in [6.45, 7) is 8.89. The number of carbonyl (C=O) groups is 1. The van der Waals surface area contributed by atoms with Gasteiger partial charge in [-0.05, 0) is 49.6 Å². The summed E-state index contributed by atoms with van der Waals surface area (Å²) >= 11 is 0. The van der Waals surface area contributed by atoms with Crippen LogP contribution < -0.4 is 10.2 Å². The highest BCUT2D eigenvalue weighted by Gasteiger charge is 2.31. The number of aryl methyl sites for hydroxylation is 2. The number of piperazine rings is 1. The molecule has 0 aliphatic carbocycles. The van der Waals surface area contributed by atoms with Gasteiger partial charge < -0.3 is 10.2 Å². The third-order valence-corrected chi connectivity index (χ3v) is 5.55. The molecule has 0 unspecified atom stereocenters. The molecule has 1 fully saturated rings. The van der Waals surface area contributed by atoms with Crippen molar-refractivity contribution >= 4 is 11.7 Å². The second-order valence-corrected chi connectivity index (χ2v) is 7.80. The molecule has 162 valence electrons. The minimum absolute atomic E-state index is 0.0400. The number of hydrogen-bond donors (Lipinski definition) is 1. The van der Waals surface area contributed by atoms with E-state index >= 15 is 0 Å². The van der Waals surface area contributed by atoms with Crippen molar-refractivity contribution in [3.63, 3.8) is 0 Å². The fraction of sp³-hybridized carbons (Fsp3) is 0.455. The Morgan fingerprint density at radius 3 is 2.37 bits per heavy atom. The van der Waals surface area contributed by atoms with Crippen LogP contribution in [0, 0.1) is 13.8 Å². The van der Waals surface area contributed by atoms with E-state index in [1.165, 1.54) is 17.2 Å². The standard InChI is InChI=1S/C22H27F3N4O/c1-15-4-5-18(12-16(15)2)17(3)27-21(30)14-28-8-10-29(11-9-28)20-7-6-19(13-26-20)22(23,24)25/h4-7,12-13,17H,8-11,14H2,1-3H3,(H,27,30)/t17-/m1/s1. The van der Waals surface area contributed by atoms with Gasteiger partial charge in [-0.2, -0.15) is 13.2 Å². The Hall–Kier alpha value is -2.61. The van der Waals surface area contributed by atoms with Crippen LogP contribution in [0.15, 0.2) is 36.5 Å².